The van der Waals surface area contributed by atoms with E-state index in [9.17, 15) is 0 Å². The van der Waals surface area contributed by atoms with Crippen LogP contribution < -0.4 is 4.90 Å². The van der Waals surface area contributed by atoms with Crippen LogP contribution >= 0.6 is 11.8 Å². The van der Waals surface area contributed by atoms with E-state index in [1.807, 2.05) is 11.8 Å². The molecule has 29 heavy (non-hydrogen) atoms. The van der Waals surface area contributed by atoms with E-state index in [-0.39, 0.29) is 0 Å². The summed E-state index contributed by atoms with van der Waals surface area (Å²) in [5, 5.41) is 2.65. The van der Waals surface area contributed by atoms with Gasteiger partial charge in [0.05, 0.1) is 13.2 Å². The molecule has 0 spiro atoms. The lowest BCUT2D eigenvalue weighted by Gasteiger charge is -2.31. The van der Waals surface area contributed by atoms with Gasteiger partial charge in [-0.05, 0) is 52.8 Å². The Labute approximate surface area is 179 Å². The van der Waals surface area contributed by atoms with E-state index in [2.05, 4.69) is 70.5 Å². The highest BCUT2D eigenvalue weighted by molar-refractivity contribution is 8.03. The molecule has 1 fully saturated rings. The van der Waals surface area contributed by atoms with Crippen LogP contribution in [0.3, 0.4) is 0 Å². The molecule has 0 bridgehead atoms. The van der Waals surface area contributed by atoms with Gasteiger partial charge in [0.1, 0.15) is 0 Å². The van der Waals surface area contributed by atoms with Crippen LogP contribution in [-0.2, 0) is 4.74 Å². The molecule has 1 heterocycles. The summed E-state index contributed by atoms with van der Waals surface area (Å²) in [6.07, 6.45) is 10.4. The summed E-state index contributed by atoms with van der Waals surface area (Å²) in [6.45, 7) is 7.16. The molecule has 2 aliphatic rings. The van der Waals surface area contributed by atoms with Crippen molar-refractivity contribution in [3.8, 4) is 0 Å². The Morgan fingerprint density at radius 3 is 2.69 bits per heavy atom. The fourth-order valence-electron chi connectivity index (χ4n) is 3.99. The summed E-state index contributed by atoms with van der Waals surface area (Å²) >= 11 is 2.04. The summed E-state index contributed by atoms with van der Waals surface area (Å²) in [5.41, 5.74) is 1.35. The fraction of sp³-hybridized carbons (Fsp3) is 0.440. The van der Waals surface area contributed by atoms with Crippen LogP contribution in [0.25, 0.3) is 10.8 Å². The van der Waals surface area contributed by atoms with Crippen molar-refractivity contribution in [2.45, 2.75) is 19.3 Å². The number of benzene rings is 2. The number of anilines is 1. The van der Waals surface area contributed by atoms with Crippen molar-refractivity contribution in [1.82, 2.24) is 4.90 Å². The highest BCUT2D eigenvalue weighted by Crippen LogP contribution is 2.26. The predicted molar refractivity (Wildman–Crippen MR) is 127 cm³/mol. The zero-order chi connectivity index (χ0) is 19.7. The number of morpholine rings is 1. The number of allylic oxidation sites excluding steroid dienone is 4. The van der Waals surface area contributed by atoms with E-state index in [1.54, 1.807) is 0 Å². The molecule has 4 rings (SSSR count). The third-order valence-corrected chi connectivity index (χ3v) is 6.93. The van der Waals surface area contributed by atoms with Gasteiger partial charge in [0.2, 0.25) is 0 Å². The molecule has 0 amide bonds. The molecule has 0 radical (unpaired) electrons. The number of fused-ring (bicyclic) bond motifs is 1. The zero-order valence-corrected chi connectivity index (χ0v) is 18.1. The van der Waals surface area contributed by atoms with E-state index >= 15 is 0 Å². The monoisotopic (exact) mass is 408 g/mol. The topological polar surface area (TPSA) is 15.7 Å². The number of rotatable bonds is 9. The van der Waals surface area contributed by atoms with E-state index in [1.165, 1.54) is 46.4 Å². The molecule has 154 valence electrons. The fourth-order valence-corrected chi connectivity index (χ4v) is 4.96. The van der Waals surface area contributed by atoms with Crippen molar-refractivity contribution in [3.63, 3.8) is 0 Å². The molecule has 0 N–H and O–H groups in total. The van der Waals surface area contributed by atoms with Gasteiger partial charge in [-0.2, -0.15) is 0 Å². The van der Waals surface area contributed by atoms with Crippen LogP contribution in [0, 0.1) is 0 Å². The average Bonchev–Trinajstić information content (AvgIpc) is 2.79. The third-order valence-electron chi connectivity index (χ3n) is 5.72. The third kappa shape index (κ3) is 6.11. The van der Waals surface area contributed by atoms with Gasteiger partial charge in [0, 0.05) is 38.4 Å². The van der Waals surface area contributed by atoms with Gasteiger partial charge in [-0.3, -0.25) is 4.90 Å². The second kappa shape index (κ2) is 10.9. The quantitative estimate of drug-likeness (QED) is 0.521. The van der Waals surface area contributed by atoms with Crippen molar-refractivity contribution in [2.75, 3.05) is 56.6 Å². The Hall–Kier alpha value is -1.75. The number of thioether (sulfide) groups is 1. The molecule has 1 saturated heterocycles. The molecule has 0 saturated carbocycles. The maximum atomic E-state index is 5.51. The van der Waals surface area contributed by atoms with Gasteiger partial charge in [0.25, 0.3) is 0 Å². The van der Waals surface area contributed by atoms with Crippen molar-refractivity contribution in [2.24, 2.45) is 0 Å². The lowest BCUT2D eigenvalue weighted by molar-refractivity contribution is 0.0392. The lowest BCUT2D eigenvalue weighted by atomic mass is 10.1. The summed E-state index contributed by atoms with van der Waals surface area (Å²) in [5.74, 6) is 1.20. The van der Waals surface area contributed by atoms with Crippen molar-refractivity contribution in [3.05, 3.63) is 65.6 Å². The normalized spacial score (nSPS) is 17.4. The zero-order valence-electron chi connectivity index (χ0n) is 17.3. The molecular weight excluding hydrogens is 376 g/mol. The molecule has 0 atom stereocenters. The standard InChI is InChI=1S/C25H32N2OS/c1-2-9-25(10-3-1)29-20-6-13-27(15-14-26-16-18-28-19-17-26)24-12-11-22-7-4-5-8-23(22)21-24/h1-2,4-5,7-9,11-12,21H,3,6,10,13-20H2. The molecule has 4 heteroatoms. The largest absolute Gasteiger partial charge is 0.379 e. The number of hydrogen-bond acceptors (Lipinski definition) is 4. The maximum absolute atomic E-state index is 5.51. The highest BCUT2D eigenvalue weighted by Gasteiger charge is 2.13. The Kier molecular flexibility index (Phi) is 7.69. The Balaban J connectivity index is 1.38. The Bertz CT molecular complexity index is 842. The first-order valence-corrected chi connectivity index (χ1v) is 11.9. The smallest absolute Gasteiger partial charge is 0.0594 e. The van der Waals surface area contributed by atoms with Gasteiger partial charge in [0.15, 0.2) is 0 Å². The van der Waals surface area contributed by atoms with Gasteiger partial charge in [-0.25, -0.2) is 0 Å². The molecule has 3 nitrogen and oxygen atoms in total. The van der Waals surface area contributed by atoms with Gasteiger partial charge >= 0.3 is 0 Å². The molecule has 0 aromatic heterocycles. The van der Waals surface area contributed by atoms with Crippen LogP contribution in [0.15, 0.2) is 65.6 Å². The predicted octanol–water partition coefficient (Wildman–Crippen LogP) is 5.34. The average molecular weight is 409 g/mol. The number of nitrogens with zero attached hydrogens (tertiary/aromatic N) is 2. The molecule has 0 unspecified atom stereocenters. The van der Waals surface area contributed by atoms with Gasteiger partial charge in [-0.1, -0.05) is 48.6 Å². The van der Waals surface area contributed by atoms with Crippen molar-refractivity contribution >= 4 is 28.2 Å². The minimum Gasteiger partial charge on any atom is -0.379 e. The van der Waals surface area contributed by atoms with E-state index in [0.717, 1.165) is 45.9 Å². The molecule has 1 aliphatic heterocycles. The summed E-state index contributed by atoms with van der Waals surface area (Å²) in [4.78, 5) is 6.65. The Morgan fingerprint density at radius 2 is 1.86 bits per heavy atom. The van der Waals surface area contributed by atoms with Crippen LogP contribution in [0.2, 0.25) is 0 Å². The van der Waals surface area contributed by atoms with Gasteiger partial charge < -0.3 is 9.64 Å². The maximum Gasteiger partial charge on any atom is 0.0594 e. The minimum absolute atomic E-state index is 0.871. The SMILES string of the molecule is C1=CCCC(SCCCN(CCN2CCOCC2)c2ccc3ccccc3c2)=C1. The first-order chi connectivity index (χ1) is 14.4. The van der Waals surface area contributed by atoms with Crippen LogP contribution in [-0.4, -0.2) is 56.6 Å². The Morgan fingerprint density at radius 1 is 1.00 bits per heavy atom. The molecule has 1 aliphatic carbocycles. The number of ether oxygens (including phenoxy) is 1. The molecule has 2 aromatic carbocycles. The van der Waals surface area contributed by atoms with Crippen LogP contribution in [0.4, 0.5) is 5.69 Å². The molecular formula is C25H32N2OS. The van der Waals surface area contributed by atoms with Crippen LogP contribution in [0.1, 0.15) is 19.3 Å². The number of hydrogen-bond donors (Lipinski definition) is 0. The van der Waals surface area contributed by atoms with Gasteiger partial charge in [-0.15, -0.1) is 11.8 Å². The van der Waals surface area contributed by atoms with Crippen molar-refractivity contribution < 1.29 is 4.74 Å². The van der Waals surface area contributed by atoms with E-state index < -0.39 is 0 Å². The van der Waals surface area contributed by atoms with E-state index in [4.69, 9.17) is 4.74 Å². The van der Waals surface area contributed by atoms with E-state index in [0.29, 0.717) is 0 Å². The minimum atomic E-state index is 0.871. The first-order valence-electron chi connectivity index (χ1n) is 10.9. The lowest BCUT2D eigenvalue weighted by Crippen LogP contribution is -2.41. The second-order valence-electron chi connectivity index (χ2n) is 7.77. The summed E-state index contributed by atoms with van der Waals surface area (Å²) in [6, 6.07) is 15.6. The van der Waals surface area contributed by atoms with Crippen LogP contribution in [0.5, 0.6) is 0 Å². The first kappa shape index (κ1) is 20.5. The second-order valence-corrected chi connectivity index (χ2v) is 9.00. The van der Waals surface area contributed by atoms with Crippen molar-refractivity contribution in [1.29, 1.82) is 0 Å². The summed E-state index contributed by atoms with van der Waals surface area (Å²) in [7, 11) is 0. The summed E-state index contributed by atoms with van der Waals surface area (Å²) < 4.78 is 5.51. The highest BCUT2D eigenvalue weighted by atomic mass is 32.2. The molecule has 2 aromatic rings.